The lowest BCUT2D eigenvalue weighted by Gasteiger charge is -2.38. The summed E-state index contributed by atoms with van der Waals surface area (Å²) in [6.07, 6.45) is 4.85. The number of benzene rings is 3. The lowest BCUT2D eigenvalue weighted by atomic mass is 9.86. The molecule has 2 N–H and O–H groups in total. The number of hydrogen-bond acceptors (Lipinski definition) is 5. The zero-order valence-electron chi connectivity index (χ0n) is 23.9. The molecular weight excluding hydrogens is 522 g/mol. The van der Waals surface area contributed by atoms with Gasteiger partial charge in [-0.15, -0.1) is 0 Å². The molecule has 5 rings (SSSR count). The minimum absolute atomic E-state index is 0.0165. The van der Waals surface area contributed by atoms with E-state index < -0.39 is 0 Å². The van der Waals surface area contributed by atoms with Gasteiger partial charge in [-0.2, -0.15) is 0 Å². The number of nitrogens with zero attached hydrogens (tertiary/aromatic N) is 2. The van der Waals surface area contributed by atoms with Crippen LogP contribution in [0.1, 0.15) is 62.3 Å². The second-order valence-electron chi connectivity index (χ2n) is 11.4. The Kier molecular flexibility index (Phi) is 8.57. The second kappa shape index (κ2) is 12.1. The van der Waals surface area contributed by atoms with E-state index in [0.29, 0.717) is 28.5 Å². The Morgan fingerprint density at radius 2 is 1.68 bits per heavy atom. The van der Waals surface area contributed by atoms with Crippen molar-refractivity contribution >= 4 is 28.9 Å². The van der Waals surface area contributed by atoms with E-state index in [1.165, 1.54) is 12.8 Å². The van der Waals surface area contributed by atoms with Gasteiger partial charge in [0.25, 0.3) is 0 Å². The zero-order valence-corrected chi connectivity index (χ0v) is 24.7. The third-order valence-electron chi connectivity index (χ3n) is 8.13. The highest BCUT2D eigenvalue weighted by Crippen LogP contribution is 2.44. The van der Waals surface area contributed by atoms with Gasteiger partial charge in [0.05, 0.1) is 25.7 Å². The van der Waals surface area contributed by atoms with E-state index in [9.17, 15) is 4.79 Å². The molecule has 6 nitrogen and oxygen atoms in total. The molecule has 1 aliphatic carbocycles. The summed E-state index contributed by atoms with van der Waals surface area (Å²) in [5.74, 6) is 2.01. The summed E-state index contributed by atoms with van der Waals surface area (Å²) in [6.45, 7) is 5.00. The molecule has 0 aromatic heterocycles. The van der Waals surface area contributed by atoms with Crippen LogP contribution in [-0.2, 0) is 11.2 Å². The summed E-state index contributed by atoms with van der Waals surface area (Å²) in [7, 11) is 3.77. The monoisotopic (exact) mass is 561 g/mol. The molecule has 212 valence electrons. The first-order valence-electron chi connectivity index (χ1n) is 14.2. The first-order chi connectivity index (χ1) is 19.2. The van der Waals surface area contributed by atoms with Gasteiger partial charge >= 0.3 is 0 Å². The van der Waals surface area contributed by atoms with Crippen molar-refractivity contribution in [2.75, 3.05) is 30.5 Å². The second-order valence-corrected chi connectivity index (χ2v) is 11.9. The van der Waals surface area contributed by atoms with Crippen LogP contribution in [0, 0.1) is 5.92 Å². The van der Waals surface area contributed by atoms with Crippen molar-refractivity contribution in [3.05, 3.63) is 82.4 Å². The number of nitrogens with two attached hydrogens (primary N) is 1. The fourth-order valence-electron chi connectivity index (χ4n) is 6.06. The van der Waals surface area contributed by atoms with Crippen LogP contribution in [0.3, 0.4) is 0 Å². The first kappa shape index (κ1) is 28.3. The van der Waals surface area contributed by atoms with E-state index >= 15 is 0 Å². The van der Waals surface area contributed by atoms with Crippen LogP contribution in [0.15, 0.2) is 60.7 Å². The number of amides is 1. The molecule has 0 saturated heterocycles. The lowest BCUT2D eigenvalue weighted by molar-refractivity contribution is -0.118. The summed E-state index contributed by atoms with van der Waals surface area (Å²) >= 11 is 6.25. The van der Waals surface area contributed by atoms with Gasteiger partial charge in [-0.3, -0.25) is 4.79 Å². The largest absolute Gasteiger partial charge is 0.493 e. The molecule has 1 atom stereocenters. The third kappa shape index (κ3) is 6.08. The number of fused-ring (bicyclic) bond motifs is 1. The molecule has 1 amide bonds. The highest BCUT2D eigenvalue weighted by Gasteiger charge is 2.36. The van der Waals surface area contributed by atoms with E-state index in [1.807, 2.05) is 55.1 Å². The number of carbonyl (C=O) groups excluding carboxylic acids is 1. The Hall–Kier alpha value is -3.22. The first-order valence-corrected chi connectivity index (χ1v) is 14.6. The summed E-state index contributed by atoms with van der Waals surface area (Å²) < 4.78 is 11.8. The number of rotatable bonds is 8. The molecule has 40 heavy (non-hydrogen) atoms. The molecule has 1 aliphatic heterocycles. The molecule has 1 saturated carbocycles. The molecule has 3 aromatic rings. The SMILES string of the molecule is COc1cc2c(cc1OC(C)C)C(c1ccc(Cl)cc1)N(c1ccc(N(C)C[C@H]3CC[C@H](N)CC3)cc1)C(=O)C2. The summed E-state index contributed by atoms with van der Waals surface area (Å²) in [5.41, 5.74) is 11.1. The Bertz CT molecular complexity index is 1320. The van der Waals surface area contributed by atoms with Crippen molar-refractivity contribution in [3.8, 4) is 11.5 Å². The maximum Gasteiger partial charge on any atom is 0.232 e. The topological polar surface area (TPSA) is 68.0 Å². The van der Waals surface area contributed by atoms with Crippen molar-refractivity contribution in [2.45, 2.75) is 64.1 Å². The minimum atomic E-state index is -0.330. The maximum atomic E-state index is 13.8. The average molecular weight is 562 g/mol. The fraction of sp³-hybridized carbons (Fsp3) is 0.424. The number of anilines is 2. The summed E-state index contributed by atoms with van der Waals surface area (Å²) in [4.78, 5) is 18.0. The Labute approximate surface area is 243 Å². The van der Waals surface area contributed by atoms with Gasteiger partial charge in [0.2, 0.25) is 5.91 Å². The van der Waals surface area contributed by atoms with Gasteiger partial charge in [-0.1, -0.05) is 23.7 Å². The number of ether oxygens (including phenoxy) is 2. The van der Waals surface area contributed by atoms with Crippen LogP contribution in [0.25, 0.3) is 0 Å². The Morgan fingerprint density at radius 1 is 1.00 bits per heavy atom. The molecule has 1 heterocycles. The standard InChI is InChI=1S/C33H40ClN3O3/c1-21(2)40-31-19-29-24(17-30(31)39-4)18-32(38)37(33(29)23-7-9-25(34)10-8-23)28-15-13-27(14-16-28)36(3)20-22-5-11-26(35)12-6-22/h7-10,13-17,19,21-22,26,33H,5-6,11-12,18,20,35H2,1-4H3/t22-,26-,33?. The molecule has 7 heteroatoms. The molecule has 1 fully saturated rings. The van der Waals surface area contributed by atoms with Crippen molar-refractivity contribution in [3.63, 3.8) is 0 Å². The van der Waals surface area contributed by atoms with Crippen molar-refractivity contribution in [1.82, 2.24) is 0 Å². The number of hydrogen-bond donors (Lipinski definition) is 1. The third-order valence-corrected chi connectivity index (χ3v) is 8.38. The van der Waals surface area contributed by atoms with Gasteiger partial charge in [-0.25, -0.2) is 0 Å². The molecular formula is C33H40ClN3O3. The number of carbonyl (C=O) groups is 1. The molecule has 0 spiro atoms. The smallest absolute Gasteiger partial charge is 0.232 e. The Balaban J connectivity index is 1.49. The van der Waals surface area contributed by atoms with E-state index in [2.05, 4.69) is 36.2 Å². The lowest BCUT2D eigenvalue weighted by Crippen LogP contribution is -2.41. The predicted octanol–water partition coefficient (Wildman–Crippen LogP) is 6.77. The van der Waals surface area contributed by atoms with Gasteiger partial charge in [0, 0.05) is 36.0 Å². The van der Waals surface area contributed by atoms with E-state index in [4.69, 9.17) is 26.8 Å². The van der Waals surface area contributed by atoms with Crippen LogP contribution >= 0.6 is 11.6 Å². The van der Waals surface area contributed by atoms with Crippen LogP contribution in [-0.4, -0.2) is 38.8 Å². The van der Waals surface area contributed by atoms with Crippen LogP contribution in [0.5, 0.6) is 11.5 Å². The van der Waals surface area contributed by atoms with Crippen molar-refractivity contribution in [1.29, 1.82) is 0 Å². The molecule has 1 unspecified atom stereocenters. The van der Waals surface area contributed by atoms with Gasteiger partial charge in [-0.05, 0) is 111 Å². The van der Waals surface area contributed by atoms with Crippen LogP contribution in [0.4, 0.5) is 11.4 Å². The fourth-order valence-corrected chi connectivity index (χ4v) is 6.19. The van der Waals surface area contributed by atoms with Crippen molar-refractivity contribution in [2.24, 2.45) is 11.7 Å². The average Bonchev–Trinajstić information content (AvgIpc) is 2.94. The van der Waals surface area contributed by atoms with E-state index in [-0.39, 0.29) is 24.5 Å². The number of methoxy groups -OCH3 is 1. The van der Waals surface area contributed by atoms with Crippen molar-refractivity contribution < 1.29 is 14.3 Å². The highest BCUT2D eigenvalue weighted by atomic mass is 35.5. The molecule has 3 aromatic carbocycles. The van der Waals surface area contributed by atoms with Gasteiger partial charge in [0.15, 0.2) is 11.5 Å². The highest BCUT2D eigenvalue weighted by molar-refractivity contribution is 6.30. The minimum Gasteiger partial charge on any atom is -0.493 e. The molecule has 0 bridgehead atoms. The van der Waals surface area contributed by atoms with Crippen LogP contribution in [0.2, 0.25) is 5.02 Å². The van der Waals surface area contributed by atoms with E-state index in [0.717, 1.165) is 47.5 Å². The Morgan fingerprint density at radius 3 is 2.30 bits per heavy atom. The zero-order chi connectivity index (χ0) is 28.4. The van der Waals surface area contributed by atoms with Gasteiger partial charge in [0.1, 0.15) is 0 Å². The summed E-state index contributed by atoms with van der Waals surface area (Å²) in [6, 6.07) is 20.1. The van der Waals surface area contributed by atoms with Gasteiger partial charge < -0.3 is 25.0 Å². The predicted molar refractivity (Wildman–Crippen MR) is 163 cm³/mol. The number of halogens is 1. The molecule has 0 radical (unpaired) electrons. The quantitative estimate of drug-likeness (QED) is 0.329. The van der Waals surface area contributed by atoms with E-state index in [1.54, 1.807) is 7.11 Å². The summed E-state index contributed by atoms with van der Waals surface area (Å²) in [5, 5.41) is 0.656. The molecule has 2 aliphatic rings. The maximum absolute atomic E-state index is 13.8. The normalized spacial score (nSPS) is 20.8. The van der Waals surface area contributed by atoms with Crippen LogP contribution < -0.4 is 25.0 Å².